The quantitative estimate of drug-likeness (QED) is 0.724. The summed E-state index contributed by atoms with van der Waals surface area (Å²) in [5.74, 6) is 0. The first kappa shape index (κ1) is 14.8. The maximum atomic E-state index is 12.3. The molecule has 2 aromatic heterocycles. The molecule has 0 aliphatic rings. The lowest BCUT2D eigenvalue weighted by Gasteiger charge is -2.09. The van der Waals surface area contributed by atoms with Crippen LogP contribution in [0.15, 0.2) is 21.7 Å². The number of nitrogen functional groups attached to an aromatic ring is 1. The summed E-state index contributed by atoms with van der Waals surface area (Å²) in [6.07, 6.45) is 0. The van der Waals surface area contributed by atoms with Crippen LogP contribution in [-0.2, 0) is 10.0 Å². The second kappa shape index (κ2) is 5.25. The summed E-state index contributed by atoms with van der Waals surface area (Å²) in [6, 6.07) is 2.79. The zero-order valence-corrected chi connectivity index (χ0v) is 14.0. The fourth-order valence-corrected chi connectivity index (χ4v) is 5.01. The smallest absolute Gasteiger partial charge is 0.271 e. The summed E-state index contributed by atoms with van der Waals surface area (Å²) in [5, 5.41) is 2.00. The van der Waals surface area contributed by atoms with Gasteiger partial charge in [0.05, 0.1) is 27.5 Å². The second-order valence-corrected chi connectivity index (χ2v) is 8.14. The Morgan fingerprint density at radius 2 is 1.86 bits per heavy atom. The molecule has 0 radical (unpaired) electrons. The lowest BCUT2D eigenvalue weighted by Crippen LogP contribution is -2.12. The number of benzene rings is 1. The number of aromatic nitrogens is 2. The number of nitrogens with two attached hydrogens (primary N) is 1. The number of halogens is 2. The molecule has 1 aromatic carbocycles. The van der Waals surface area contributed by atoms with Crippen LogP contribution >= 0.6 is 46.3 Å². The molecule has 0 fully saturated rings. The van der Waals surface area contributed by atoms with E-state index >= 15 is 0 Å². The number of thiophene rings is 1. The van der Waals surface area contributed by atoms with Crippen LogP contribution in [0.2, 0.25) is 10.0 Å². The predicted molar refractivity (Wildman–Crippen MR) is 87.0 cm³/mol. The third-order valence-electron chi connectivity index (χ3n) is 2.54. The fraction of sp³-hybridized carbons (Fsp3) is 0. The van der Waals surface area contributed by atoms with Crippen molar-refractivity contribution in [3.05, 3.63) is 27.6 Å². The average Bonchev–Trinajstić information content (AvgIpc) is 3.03. The lowest BCUT2D eigenvalue weighted by molar-refractivity contribution is 0.603. The first-order valence-corrected chi connectivity index (χ1v) is 9.20. The van der Waals surface area contributed by atoms with Crippen LogP contribution in [-0.4, -0.2) is 17.2 Å². The molecule has 0 saturated carbocycles. The molecule has 0 spiro atoms. The van der Waals surface area contributed by atoms with Gasteiger partial charge >= 0.3 is 0 Å². The van der Waals surface area contributed by atoms with Gasteiger partial charge in [0, 0.05) is 11.1 Å². The van der Waals surface area contributed by atoms with E-state index in [4.69, 9.17) is 28.9 Å². The molecule has 0 atom stereocenters. The number of anilines is 2. The third kappa shape index (κ3) is 2.67. The van der Waals surface area contributed by atoms with Crippen molar-refractivity contribution in [2.75, 3.05) is 10.5 Å². The predicted octanol–water partition coefficient (Wildman–Crippen LogP) is 3.44. The molecule has 21 heavy (non-hydrogen) atoms. The van der Waals surface area contributed by atoms with E-state index in [2.05, 4.69) is 13.5 Å². The first-order valence-electron chi connectivity index (χ1n) is 5.35. The zero-order chi connectivity index (χ0) is 15.2. The Morgan fingerprint density at radius 3 is 2.52 bits per heavy atom. The van der Waals surface area contributed by atoms with Gasteiger partial charge in [0.1, 0.15) is 15.2 Å². The summed E-state index contributed by atoms with van der Waals surface area (Å²) in [6.45, 7) is 0. The van der Waals surface area contributed by atoms with Gasteiger partial charge in [-0.25, -0.2) is 8.42 Å². The van der Waals surface area contributed by atoms with Gasteiger partial charge in [0.2, 0.25) is 0 Å². The molecule has 3 N–H and O–H groups in total. The average molecular weight is 381 g/mol. The highest BCUT2D eigenvalue weighted by Gasteiger charge is 2.22. The Morgan fingerprint density at radius 1 is 1.14 bits per heavy atom. The van der Waals surface area contributed by atoms with Crippen LogP contribution in [0.5, 0.6) is 0 Å². The molecule has 0 unspecified atom stereocenters. The number of fused-ring (bicyclic) bond motifs is 1. The molecule has 110 valence electrons. The number of hydrogen-bond donors (Lipinski definition) is 2. The molecule has 0 bridgehead atoms. The fourth-order valence-electron chi connectivity index (χ4n) is 1.63. The van der Waals surface area contributed by atoms with E-state index in [1.165, 1.54) is 17.5 Å². The van der Waals surface area contributed by atoms with Gasteiger partial charge in [0.25, 0.3) is 10.0 Å². The van der Waals surface area contributed by atoms with E-state index in [1.54, 1.807) is 0 Å². The molecule has 0 amide bonds. The number of hydrogen-bond acceptors (Lipinski definition) is 7. The highest BCUT2D eigenvalue weighted by Crippen LogP contribution is 2.37. The number of sulfonamides is 1. The van der Waals surface area contributed by atoms with Crippen molar-refractivity contribution in [2.45, 2.75) is 4.21 Å². The second-order valence-electron chi connectivity index (χ2n) is 3.98. The largest absolute Gasteiger partial charge is 0.398 e. The lowest BCUT2D eigenvalue weighted by atomic mass is 10.3. The van der Waals surface area contributed by atoms with Crippen molar-refractivity contribution in [3.63, 3.8) is 0 Å². The first-order chi connectivity index (χ1) is 9.88. The monoisotopic (exact) mass is 380 g/mol. The van der Waals surface area contributed by atoms with Gasteiger partial charge in [-0.15, -0.1) is 11.3 Å². The van der Waals surface area contributed by atoms with Crippen LogP contribution in [0.4, 0.5) is 11.4 Å². The summed E-state index contributed by atoms with van der Waals surface area (Å²) in [5.41, 5.74) is 6.78. The van der Waals surface area contributed by atoms with Crippen molar-refractivity contribution in [2.24, 2.45) is 0 Å². The number of rotatable bonds is 3. The van der Waals surface area contributed by atoms with Gasteiger partial charge in [-0.05, 0) is 12.1 Å². The molecule has 6 nitrogen and oxygen atoms in total. The van der Waals surface area contributed by atoms with Gasteiger partial charge in [-0.2, -0.15) is 8.75 Å². The van der Waals surface area contributed by atoms with Crippen molar-refractivity contribution in [1.29, 1.82) is 0 Å². The molecule has 11 heteroatoms. The Balaban J connectivity index is 2.12. The molecule has 3 rings (SSSR count). The highest BCUT2D eigenvalue weighted by atomic mass is 35.5. The number of nitrogens with zero attached hydrogens (tertiary/aromatic N) is 2. The van der Waals surface area contributed by atoms with Crippen LogP contribution in [0.1, 0.15) is 0 Å². The Labute approximate surface area is 137 Å². The van der Waals surface area contributed by atoms with Crippen LogP contribution in [0.3, 0.4) is 0 Å². The van der Waals surface area contributed by atoms with Crippen LogP contribution in [0.25, 0.3) is 11.0 Å². The van der Waals surface area contributed by atoms with Crippen molar-refractivity contribution in [3.8, 4) is 0 Å². The number of nitrogens with one attached hydrogen (secondary N) is 1. The molecular weight excluding hydrogens is 375 g/mol. The van der Waals surface area contributed by atoms with Gasteiger partial charge in [0.15, 0.2) is 0 Å². The van der Waals surface area contributed by atoms with E-state index in [-0.39, 0.29) is 14.9 Å². The zero-order valence-electron chi connectivity index (χ0n) is 10.0. The van der Waals surface area contributed by atoms with E-state index in [0.29, 0.717) is 21.7 Å². The van der Waals surface area contributed by atoms with Gasteiger partial charge < -0.3 is 5.73 Å². The normalized spacial score (nSPS) is 11.9. The van der Waals surface area contributed by atoms with Crippen LogP contribution < -0.4 is 10.5 Å². The Bertz CT molecular complexity index is 935. The van der Waals surface area contributed by atoms with E-state index in [9.17, 15) is 8.42 Å². The minimum Gasteiger partial charge on any atom is -0.398 e. The third-order valence-corrected chi connectivity index (χ3v) is 6.46. The summed E-state index contributed by atoms with van der Waals surface area (Å²) < 4.78 is 35.2. The Kier molecular flexibility index (Phi) is 3.70. The van der Waals surface area contributed by atoms with Crippen molar-refractivity contribution < 1.29 is 8.42 Å². The highest BCUT2D eigenvalue weighted by molar-refractivity contribution is 7.94. The summed E-state index contributed by atoms with van der Waals surface area (Å²) in [4.78, 5) is 0. The van der Waals surface area contributed by atoms with Crippen LogP contribution in [0, 0.1) is 0 Å². The SMILES string of the molecule is Nc1csc(S(=O)(=O)Nc2c(Cl)cc(Cl)c3nsnc23)c1. The molecule has 0 aliphatic heterocycles. The summed E-state index contributed by atoms with van der Waals surface area (Å²) in [7, 11) is -3.80. The van der Waals surface area contributed by atoms with Gasteiger partial charge in [-0.1, -0.05) is 23.2 Å². The summed E-state index contributed by atoms with van der Waals surface area (Å²) >= 11 is 14.0. The van der Waals surface area contributed by atoms with E-state index in [0.717, 1.165) is 23.1 Å². The minimum absolute atomic E-state index is 0.0855. The van der Waals surface area contributed by atoms with Crippen molar-refractivity contribution >= 4 is 78.7 Å². The van der Waals surface area contributed by atoms with Crippen molar-refractivity contribution in [1.82, 2.24) is 8.75 Å². The molecule has 3 aromatic rings. The maximum absolute atomic E-state index is 12.3. The molecular formula is C10H6Cl2N4O2S3. The van der Waals surface area contributed by atoms with Gasteiger partial charge in [-0.3, -0.25) is 4.72 Å². The van der Waals surface area contributed by atoms with E-state index < -0.39 is 10.0 Å². The standard InChI is InChI=1S/C10H6Cl2N4O2S3/c11-5-2-6(12)9(10-8(5)14-20-15-10)16-21(17,18)7-1-4(13)3-19-7/h1-3,16H,13H2. The molecule has 0 aliphatic carbocycles. The minimum atomic E-state index is -3.80. The molecule has 0 saturated heterocycles. The molecule has 2 heterocycles. The topological polar surface area (TPSA) is 98.0 Å². The maximum Gasteiger partial charge on any atom is 0.271 e. The Hall–Kier alpha value is -1.13. The van der Waals surface area contributed by atoms with E-state index in [1.807, 2.05) is 0 Å².